The average Bonchev–Trinajstić information content (AvgIpc) is 2.21. The number of nitrogens with one attached hydrogen (secondary N) is 1. The number of rotatable bonds is 5. The lowest BCUT2D eigenvalue weighted by molar-refractivity contribution is 0.333. The van der Waals surface area contributed by atoms with Gasteiger partial charge in [0.15, 0.2) is 0 Å². The molecule has 0 aromatic carbocycles. The first-order chi connectivity index (χ1) is 7.79. The Morgan fingerprint density at radius 3 is 2.88 bits per heavy atom. The van der Waals surface area contributed by atoms with Gasteiger partial charge in [-0.1, -0.05) is 13.3 Å². The lowest BCUT2D eigenvalue weighted by Gasteiger charge is -2.25. The van der Waals surface area contributed by atoms with Crippen molar-refractivity contribution in [2.45, 2.75) is 39.2 Å². The van der Waals surface area contributed by atoms with E-state index in [1.165, 1.54) is 19.3 Å². The standard InChI is InChI=1S/C13H20N2O/c1-2-8-15-10-12(6-7-13(15)16)14-9-11-4-3-5-11/h6-7,10-11,14H,2-5,8-9H2,1H3. The molecule has 1 aliphatic carbocycles. The maximum Gasteiger partial charge on any atom is 0.250 e. The van der Waals surface area contributed by atoms with Crippen LogP contribution in [0.15, 0.2) is 23.1 Å². The number of aryl methyl sites for hydroxylation is 1. The highest BCUT2D eigenvalue weighted by molar-refractivity contribution is 5.40. The number of pyridine rings is 1. The molecule has 16 heavy (non-hydrogen) atoms. The maximum atomic E-state index is 11.5. The van der Waals surface area contributed by atoms with E-state index in [0.29, 0.717) is 0 Å². The molecule has 3 heteroatoms. The van der Waals surface area contributed by atoms with Crippen molar-refractivity contribution in [1.29, 1.82) is 0 Å². The molecule has 0 aliphatic heterocycles. The molecule has 1 saturated carbocycles. The Labute approximate surface area is 96.5 Å². The number of aromatic nitrogens is 1. The first-order valence-electron chi connectivity index (χ1n) is 6.24. The minimum Gasteiger partial charge on any atom is -0.384 e. The van der Waals surface area contributed by atoms with E-state index in [1.54, 1.807) is 10.6 Å². The van der Waals surface area contributed by atoms with Gasteiger partial charge in [-0.15, -0.1) is 0 Å². The molecule has 1 fully saturated rings. The zero-order valence-corrected chi connectivity index (χ0v) is 9.91. The number of hydrogen-bond acceptors (Lipinski definition) is 2. The van der Waals surface area contributed by atoms with Gasteiger partial charge in [0, 0.05) is 25.4 Å². The molecule has 0 unspecified atom stereocenters. The quantitative estimate of drug-likeness (QED) is 0.827. The van der Waals surface area contributed by atoms with Crippen LogP contribution in [-0.2, 0) is 6.54 Å². The fourth-order valence-corrected chi connectivity index (χ4v) is 2.01. The van der Waals surface area contributed by atoms with E-state index < -0.39 is 0 Å². The zero-order chi connectivity index (χ0) is 11.4. The smallest absolute Gasteiger partial charge is 0.250 e. The summed E-state index contributed by atoms with van der Waals surface area (Å²) in [5.74, 6) is 0.839. The molecule has 1 heterocycles. The van der Waals surface area contributed by atoms with E-state index in [2.05, 4.69) is 12.2 Å². The predicted octanol–water partition coefficient (Wildman–Crippen LogP) is 2.47. The van der Waals surface area contributed by atoms with Crippen molar-refractivity contribution in [2.75, 3.05) is 11.9 Å². The van der Waals surface area contributed by atoms with Crippen molar-refractivity contribution in [3.8, 4) is 0 Å². The second-order valence-electron chi connectivity index (χ2n) is 4.63. The molecule has 0 radical (unpaired) electrons. The number of hydrogen-bond donors (Lipinski definition) is 1. The van der Waals surface area contributed by atoms with Gasteiger partial charge in [0.1, 0.15) is 0 Å². The molecule has 0 atom stereocenters. The third-order valence-corrected chi connectivity index (χ3v) is 3.27. The van der Waals surface area contributed by atoms with E-state index in [-0.39, 0.29) is 5.56 Å². The van der Waals surface area contributed by atoms with Crippen molar-refractivity contribution in [1.82, 2.24) is 4.57 Å². The molecule has 1 aromatic heterocycles. The summed E-state index contributed by atoms with van der Waals surface area (Å²) in [4.78, 5) is 11.5. The second kappa shape index (κ2) is 5.19. The van der Waals surface area contributed by atoms with E-state index in [4.69, 9.17) is 0 Å². The van der Waals surface area contributed by atoms with E-state index in [9.17, 15) is 4.79 Å². The van der Waals surface area contributed by atoms with Gasteiger partial charge in [0.25, 0.3) is 5.56 Å². The van der Waals surface area contributed by atoms with Crippen LogP contribution in [0.4, 0.5) is 5.69 Å². The second-order valence-corrected chi connectivity index (χ2v) is 4.63. The van der Waals surface area contributed by atoms with Crippen LogP contribution in [0.1, 0.15) is 32.6 Å². The van der Waals surface area contributed by atoms with E-state index in [0.717, 1.165) is 31.1 Å². The van der Waals surface area contributed by atoms with Gasteiger partial charge < -0.3 is 9.88 Å². The highest BCUT2D eigenvalue weighted by Gasteiger charge is 2.16. The van der Waals surface area contributed by atoms with Crippen LogP contribution < -0.4 is 10.9 Å². The molecule has 88 valence electrons. The first kappa shape index (κ1) is 11.2. The highest BCUT2D eigenvalue weighted by atomic mass is 16.1. The van der Waals surface area contributed by atoms with E-state index >= 15 is 0 Å². The summed E-state index contributed by atoms with van der Waals surface area (Å²) < 4.78 is 1.78. The van der Waals surface area contributed by atoms with Gasteiger partial charge >= 0.3 is 0 Å². The molecule has 1 aliphatic rings. The van der Waals surface area contributed by atoms with Gasteiger partial charge in [-0.3, -0.25) is 4.79 Å². The summed E-state index contributed by atoms with van der Waals surface area (Å²) in [5, 5.41) is 3.41. The molecule has 0 spiro atoms. The van der Waals surface area contributed by atoms with Crippen molar-refractivity contribution in [2.24, 2.45) is 5.92 Å². The van der Waals surface area contributed by atoms with Crippen molar-refractivity contribution in [3.05, 3.63) is 28.7 Å². The normalized spacial score (nSPS) is 15.8. The van der Waals surface area contributed by atoms with Crippen molar-refractivity contribution >= 4 is 5.69 Å². The summed E-state index contributed by atoms with van der Waals surface area (Å²) in [6.45, 7) is 3.93. The van der Waals surface area contributed by atoms with Gasteiger partial charge in [-0.25, -0.2) is 0 Å². The molecule has 0 saturated heterocycles. The molecule has 1 N–H and O–H groups in total. The molecule has 0 amide bonds. The largest absolute Gasteiger partial charge is 0.384 e. The van der Waals surface area contributed by atoms with Crippen LogP contribution in [0, 0.1) is 5.92 Å². The Balaban J connectivity index is 1.97. The fraction of sp³-hybridized carbons (Fsp3) is 0.615. The Kier molecular flexibility index (Phi) is 3.65. The van der Waals surface area contributed by atoms with E-state index in [1.807, 2.05) is 12.3 Å². The maximum absolute atomic E-state index is 11.5. The molecular weight excluding hydrogens is 200 g/mol. The Bertz CT molecular complexity index is 393. The topological polar surface area (TPSA) is 34.0 Å². The number of anilines is 1. The fourth-order valence-electron chi connectivity index (χ4n) is 2.01. The summed E-state index contributed by atoms with van der Waals surface area (Å²) >= 11 is 0. The number of nitrogens with zero attached hydrogens (tertiary/aromatic N) is 1. The van der Waals surface area contributed by atoms with Crippen LogP contribution >= 0.6 is 0 Å². The van der Waals surface area contributed by atoms with Gasteiger partial charge in [-0.05, 0) is 31.2 Å². The van der Waals surface area contributed by atoms with Gasteiger partial charge in [0.05, 0.1) is 5.69 Å². The summed E-state index contributed by atoms with van der Waals surface area (Å²) in [5.41, 5.74) is 1.16. The molecule has 1 aromatic rings. The van der Waals surface area contributed by atoms with Gasteiger partial charge in [-0.2, -0.15) is 0 Å². The lowest BCUT2D eigenvalue weighted by Crippen LogP contribution is -2.23. The monoisotopic (exact) mass is 220 g/mol. The van der Waals surface area contributed by atoms with Crippen molar-refractivity contribution < 1.29 is 0 Å². The Morgan fingerprint density at radius 2 is 2.25 bits per heavy atom. The highest BCUT2D eigenvalue weighted by Crippen LogP contribution is 2.26. The molecule has 0 bridgehead atoms. The predicted molar refractivity (Wildman–Crippen MR) is 66.8 cm³/mol. The van der Waals surface area contributed by atoms with Crippen LogP contribution in [-0.4, -0.2) is 11.1 Å². The van der Waals surface area contributed by atoms with Crippen LogP contribution in [0.3, 0.4) is 0 Å². The molecule has 2 rings (SSSR count). The first-order valence-corrected chi connectivity index (χ1v) is 6.24. The summed E-state index contributed by atoms with van der Waals surface area (Å²) in [7, 11) is 0. The Hall–Kier alpha value is -1.25. The Morgan fingerprint density at radius 1 is 1.44 bits per heavy atom. The van der Waals surface area contributed by atoms with Crippen molar-refractivity contribution in [3.63, 3.8) is 0 Å². The molecular formula is C13H20N2O. The summed E-state index contributed by atoms with van der Waals surface area (Å²) in [6.07, 6.45) is 7.00. The SMILES string of the molecule is CCCn1cc(NCC2CCC2)ccc1=O. The van der Waals surface area contributed by atoms with Gasteiger partial charge in [0.2, 0.25) is 0 Å². The van der Waals surface area contributed by atoms with Crippen LogP contribution in [0.5, 0.6) is 0 Å². The lowest BCUT2D eigenvalue weighted by atomic mass is 9.85. The van der Waals surface area contributed by atoms with Crippen LogP contribution in [0.25, 0.3) is 0 Å². The summed E-state index contributed by atoms with van der Waals surface area (Å²) in [6, 6.07) is 3.53. The molecule has 3 nitrogen and oxygen atoms in total. The third-order valence-electron chi connectivity index (χ3n) is 3.27. The average molecular weight is 220 g/mol. The minimum atomic E-state index is 0.0936. The zero-order valence-electron chi connectivity index (χ0n) is 9.91. The third kappa shape index (κ3) is 2.65. The minimum absolute atomic E-state index is 0.0936. The van der Waals surface area contributed by atoms with Crippen LogP contribution in [0.2, 0.25) is 0 Å².